The summed E-state index contributed by atoms with van der Waals surface area (Å²) in [5.41, 5.74) is 3.74. The summed E-state index contributed by atoms with van der Waals surface area (Å²) in [4.78, 5) is 7.89. The molecule has 4 aromatic rings. The van der Waals surface area contributed by atoms with E-state index in [4.69, 9.17) is 0 Å². The zero-order valence-corrected chi connectivity index (χ0v) is 13.7. The van der Waals surface area contributed by atoms with E-state index in [0.29, 0.717) is 5.56 Å². The second-order valence-corrected chi connectivity index (χ2v) is 6.28. The summed E-state index contributed by atoms with van der Waals surface area (Å²) in [7, 11) is 0. The number of phenols is 1. The van der Waals surface area contributed by atoms with Crippen LogP contribution in [0.25, 0.3) is 21.8 Å². The molecule has 4 heteroatoms. The largest absolute Gasteiger partial charge is 0.507 e. The molecule has 0 radical (unpaired) electrons. The summed E-state index contributed by atoms with van der Waals surface area (Å²) in [5.74, 6) is 0.213. The van der Waals surface area contributed by atoms with E-state index in [1.54, 1.807) is 18.3 Å². The Morgan fingerprint density at radius 1 is 0.913 bits per heavy atom. The van der Waals surface area contributed by atoms with Crippen molar-refractivity contribution in [1.82, 2.24) is 4.98 Å². The first-order valence-electron chi connectivity index (χ1n) is 7.24. The first-order chi connectivity index (χ1) is 11.2. The number of aliphatic imine (C=N–C) groups is 1. The number of hydrogen-bond donors (Lipinski definition) is 2. The lowest BCUT2D eigenvalue weighted by Crippen LogP contribution is -1.82. The number of aromatic amines is 1. The fraction of sp³-hybridized carbons (Fsp3) is 0. The number of hydrogen-bond acceptors (Lipinski definition) is 2. The minimum atomic E-state index is 0.213. The fourth-order valence-corrected chi connectivity index (χ4v) is 3.07. The zero-order valence-electron chi connectivity index (χ0n) is 12.1. The molecule has 0 unspecified atom stereocenters. The number of aromatic nitrogens is 1. The Balaban J connectivity index is 1.78. The first kappa shape index (κ1) is 14.0. The van der Waals surface area contributed by atoms with E-state index in [1.807, 2.05) is 30.3 Å². The number of fused-ring (bicyclic) bond motifs is 3. The lowest BCUT2D eigenvalue weighted by molar-refractivity contribution is 0.474. The van der Waals surface area contributed by atoms with E-state index in [0.717, 1.165) is 26.6 Å². The summed E-state index contributed by atoms with van der Waals surface area (Å²) in [6.45, 7) is 0. The quantitative estimate of drug-likeness (QED) is 0.450. The predicted molar refractivity (Wildman–Crippen MR) is 98.9 cm³/mol. The molecular weight excluding hydrogens is 352 g/mol. The molecule has 2 N–H and O–H groups in total. The Morgan fingerprint density at radius 2 is 1.74 bits per heavy atom. The Labute approximate surface area is 141 Å². The number of phenolic OH excluding ortho intramolecular Hbond substituents is 1. The molecule has 23 heavy (non-hydrogen) atoms. The summed E-state index contributed by atoms with van der Waals surface area (Å²) < 4.78 is 0.906. The van der Waals surface area contributed by atoms with Crippen molar-refractivity contribution in [2.75, 3.05) is 0 Å². The molecule has 1 aromatic heterocycles. The molecule has 0 atom stereocenters. The third kappa shape index (κ3) is 2.62. The molecule has 0 aliphatic carbocycles. The predicted octanol–water partition coefficient (Wildman–Crippen LogP) is 5.54. The number of para-hydroxylation sites is 1. The first-order valence-corrected chi connectivity index (χ1v) is 8.03. The molecule has 0 aliphatic heterocycles. The van der Waals surface area contributed by atoms with Crippen molar-refractivity contribution in [3.8, 4) is 5.75 Å². The van der Waals surface area contributed by atoms with E-state index in [9.17, 15) is 5.11 Å². The molecular formula is C19H13BrN2O. The average Bonchev–Trinajstić information content (AvgIpc) is 2.94. The van der Waals surface area contributed by atoms with Gasteiger partial charge in [0.25, 0.3) is 0 Å². The zero-order chi connectivity index (χ0) is 15.8. The molecule has 0 fully saturated rings. The Morgan fingerprint density at radius 3 is 2.65 bits per heavy atom. The van der Waals surface area contributed by atoms with Gasteiger partial charge in [-0.2, -0.15) is 0 Å². The maximum atomic E-state index is 9.88. The van der Waals surface area contributed by atoms with Gasteiger partial charge < -0.3 is 10.1 Å². The molecule has 1 heterocycles. The molecule has 112 valence electrons. The molecule has 3 aromatic carbocycles. The third-order valence-electron chi connectivity index (χ3n) is 3.83. The van der Waals surface area contributed by atoms with Gasteiger partial charge in [0.05, 0.1) is 5.69 Å². The van der Waals surface area contributed by atoms with Gasteiger partial charge in [0.15, 0.2) is 0 Å². The summed E-state index contributed by atoms with van der Waals surface area (Å²) in [5, 5.41) is 12.2. The van der Waals surface area contributed by atoms with Crippen LogP contribution in [0.15, 0.2) is 70.1 Å². The van der Waals surface area contributed by atoms with E-state index in [2.05, 4.69) is 44.1 Å². The van der Waals surface area contributed by atoms with Gasteiger partial charge in [-0.1, -0.05) is 34.1 Å². The van der Waals surface area contributed by atoms with Crippen molar-refractivity contribution in [2.45, 2.75) is 0 Å². The van der Waals surface area contributed by atoms with Crippen molar-refractivity contribution >= 4 is 49.6 Å². The van der Waals surface area contributed by atoms with Crippen LogP contribution >= 0.6 is 15.9 Å². The number of rotatable bonds is 2. The van der Waals surface area contributed by atoms with Gasteiger partial charge in [-0.15, -0.1) is 0 Å². The number of nitrogens with one attached hydrogen (secondary N) is 1. The highest BCUT2D eigenvalue weighted by atomic mass is 79.9. The highest BCUT2D eigenvalue weighted by Crippen LogP contribution is 2.29. The van der Waals surface area contributed by atoms with E-state index < -0.39 is 0 Å². The molecule has 0 aliphatic rings. The van der Waals surface area contributed by atoms with Gasteiger partial charge in [0.1, 0.15) is 5.75 Å². The molecule has 0 saturated heterocycles. The highest BCUT2D eigenvalue weighted by Gasteiger charge is 2.04. The summed E-state index contributed by atoms with van der Waals surface area (Å²) in [6.07, 6.45) is 1.68. The van der Waals surface area contributed by atoms with Crippen molar-refractivity contribution in [1.29, 1.82) is 0 Å². The van der Waals surface area contributed by atoms with Crippen LogP contribution < -0.4 is 0 Å². The second-order valence-electron chi connectivity index (χ2n) is 5.36. The molecule has 0 bridgehead atoms. The van der Waals surface area contributed by atoms with Crippen LogP contribution in [-0.2, 0) is 0 Å². The number of benzene rings is 3. The van der Waals surface area contributed by atoms with Crippen LogP contribution in [0, 0.1) is 0 Å². The SMILES string of the molecule is Oc1ccc(Br)cc1C=Nc1ccc2[nH]c3ccccc3c2c1. The molecule has 4 rings (SSSR count). The molecule has 3 nitrogen and oxygen atoms in total. The lowest BCUT2D eigenvalue weighted by Gasteiger charge is -2.00. The van der Waals surface area contributed by atoms with Crippen molar-refractivity contribution in [3.05, 3.63) is 70.7 Å². The van der Waals surface area contributed by atoms with Gasteiger partial charge in [-0.05, 0) is 42.5 Å². The third-order valence-corrected chi connectivity index (χ3v) is 4.33. The van der Waals surface area contributed by atoms with Gasteiger partial charge in [0, 0.05) is 38.1 Å². The van der Waals surface area contributed by atoms with Gasteiger partial charge in [0.2, 0.25) is 0 Å². The maximum absolute atomic E-state index is 9.88. The highest BCUT2D eigenvalue weighted by molar-refractivity contribution is 9.10. The summed E-state index contributed by atoms with van der Waals surface area (Å²) >= 11 is 3.40. The Hall–Kier alpha value is -2.59. The van der Waals surface area contributed by atoms with Crippen LogP contribution in [0.1, 0.15) is 5.56 Å². The van der Waals surface area contributed by atoms with Crippen LogP contribution in [-0.4, -0.2) is 16.3 Å². The van der Waals surface area contributed by atoms with Gasteiger partial charge in [-0.3, -0.25) is 4.99 Å². The number of halogens is 1. The van der Waals surface area contributed by atoms with Crippen molar-refractivity contribution in [3.63, 3.8) is 0 Å². The van der Waals surface area contributed by atoms with E-state index in [1.165, 1.54) is 5.39 Å². The smallest absolute Gasteiger partial charge is 0.124 e. The second kappa shape index (κ2) is 5.56. The van der Waals surface area contributed by atoms with Crippen LogP contribution in [0.3, 0.4) is 0 Å². The van der Waals surface area contributed by atoms with Crippen LogP contribution in [0.4, 0.5) is 5.69 Å². The lowest BCUT2D eigenvalue weighted by atomic mass is 10.1. The summed E-state index contributed by atoms with van der Waals surface area (Å²) in [6, 6.07) is 19.5. The monoisotopic (exact) mass is 364 g/mol. The fourth-order valence-electron chi connectivity index (χ4n) is 2.69. The standard InChI is InChI=1S/C19H13BrN2O/c20-13-5-8-19(23)12(9-13)11-21-14-6-7-18-16(10-14)15-3-1-2-4-17(15)22-18/h1-11,22-23H. The molecule has 0 spiro atoms. The van der Waals surface area contributed by atoms with Crippen molar-refractivity contribution < 1.29 is 5.11 Å². The van der Waals surface area contributed by atoms with Gasteiger partial charge in [-0.25, -0.2) is 0 Å². The minimum Gasteiger partial charge on any atom is -0.507 e. The average molecular weight is 365 g/mol. The number of aromatic hydroxyl groups is 1. The topological polar surface area (TPSA) is 48.4 Å². The minimum absolute atomic E-state index is 0.213. The van der Waals surface area contributed by atoms with Crippen LogP contribution in [0.5, 0.6) is 5.75 Å². The van der Waals surface area contributed by atoms with E-state index >= 15 is 0 Å². The maximum Gasteiger partial charge on any atom is 0.124 e. The van der Waals surface area contributed by atoms with Crippen LogP contribution in [0.2, 0.25) is 0 Å². The Kier molecular flexibility index (Phi) is 3.39. The Bertz CT molecular complexity index is 1050. The number of H-pyrrole nitrogens is 1. The van der Waals surface area contributed by atoms with Crippen molar-refractivity contribution in [2.24, 2.45) is 4.99 Å². The molecule has 0 amide bonds. The van der Waals surface area contributed by atoms with E-state index in [-0.39, 0.29) is 5.75 Å². The number of nitrogens with zero attached hydrogens (tertiary/aromatic N) is 1. The molecule has 0 saturated carbocycles. The van der Waals surface area contributed by atoms with Gasteiger partial charge >= 0.3 is 0 Å². The normalized spacial score (nSPS) is 11.7.